The lowest BCUT2D eigenvalue weighted by Crippen LogP contribution is -2.52. The molecule has 2 aromatic carbocycles. The summed E-state index contributed by atoms with van der Waals surface area (Å²) in [6, 6.07) is 16.5. The van der Waals surface area contributed by atoms with Crippen molar-refractivity contribution in [2.24, 2.45) is 0 Å². The Kier molecular flexibility index (Phi) is 7.21. The molecular weight excluding hydrogens is 352 g/mol. The van der Waals surface area contributed by atoms with E-state index in [-0.39, 0.29) is 23.8 Å². The number of amides is 2. The maximum absolute atomic E-state index is 13.1. The van der Waals surface area contributed by atoms with Crippen LogP contribution in [0.4, 0.5) is 0 Å². The van der Waals surface area contributed by atoms with Crippen molar-refractivity contribution in [2.75, 3.05) is 7.11 Å². The van der Waals surface area contributed by atoms with Gasteiger partial charge in [0.05, 0.1) is 13.5 Å². The molecular formula is C23H30N2O3. The molecule has 150 valence electrons. The third-order valence-electron chi connectivity index (χ3n) is 4.38. The monoisotopic (exact) mass is 382 g/mol. The maximum Gasteiger partial charge on any atom is 0.242 e. The number of methoxy groups -OCH3 is 1. The van der Waals surface area contributed by atoms with Crippen LogP contribution in [0.3, 0.4) is 0 Å². The minimum absolute atomic E-state index is 0.0847. The summed E-state index contributed by atoms with van der Waals surface area (Å²) in [5.74, 6) is 0.505. The summed E-state index contributed by atoms with van der Waals surface area (Å²) >= 11 is 0. The number of nitrogens with one attached hydrogen (secondary N) is 1. The molecule has 2 aromatic rings. The van der Waals surface area contributed by atoms with Gasteiger partial charge < -0.3 is 15.0 Å². The number of rotatable bonds is 7. The molecule has 0 bridgehead atoms. The lowest BCUT2D eigenvalue weighted by molar-refractivity contribution is -0.140. The van der Waals surface area contributed by atoms with Crippen LogP contribution in [0.2, 0.25) is 0 Å². The SMILES string of the molecule is COc1ccc(CN(C(=O)Cc2ccccc2)[C@@H](C)C(=O)NC(C)(C)C)cc1. The van der Waals surface area contributed by atoms with Crippen molar-refractivity contribution >= 4 is 11.8 Å². The Bertz CT molecular complexity index is 780. The van der Waals surface area contributed by atoms with Gasteiger partial charge in [-0.1, -0.05) is 42.5 Å². The first-order valence-corrected chi connectivity index (χ1v) is 9.48. The van der Waals surface area contributed by atoms with Crippen molar-refractivity contribution in [2.45, 2.75) is 52.2 Å². The fourth-order valence-corrected chi connectivity index (χ4v) is 2.86. The molecule has 2 rings (SSSR count). The van der Waals surface area contributed by atoms with Gasteiger partial charge in [0, 0.05) is 12.1 Å². The second-order valence-corrected chi connectivity index (χ2v) is 7.95. The highest BCUT2D eigenvalue weighted by Gasteiger charge is 2.28. The first-order valence-electron chi connectivity index (χ1n) is 9.48. The van der Waals surface area contributed by atoms with E-state index in [9.17, 15) is 9.59 Å². The quantitative estimate of drug-likeness (QED) is 0.796. The second kappa shape index (κ2) is 9.40. The van der Waals surface area contributed by atoms with Gasteiger partial charge in [0.2, 0.25) is 11.8 Å². The highest BCUT2D eigenvalue weighted by Crippen LogP contribution is 2.16. The fraction of sp³-hybridized carbons (Fsp3) is 0.391. The van der Waals surface area contributed by atoms with Gasteiger partial charge in [0.15, 0.2) is 0 Å². The molecule has 0 aliphatic carbocycles. The summed E-state index contributed by atoms with van der Waals surface area (Å²) in [6.45, 7) is 7.91. The normalized spacial score (nSPS) is 12.2. The van der Waals surface area contributed by atoms with Crippen LogP contribution in [0.5, 0.6) is 5.75 Å². The molecule has 0 saturated heterocycles. The summed E-state index contributed by atoms with van der Waals surface area (Å²) in [6.07, 6.45) is 0.254. The van der Waals surface area contributed by atoms with Crippen LogP contribution in [0, 0.1) is 0 Å². The number of benzene rings is 2. The lowest BCUT2D eigenvalue weighted by Gasteiger charge is -2.31. The Balaban J connectivity index is 2.22. The van der Waals surface area contributed by atoms with Crippen molar-refractivity contribution in [1.29, 1.82) is 0 Å². The highest BCUT2D eigenvalue weighted by atomic mass is 16.5. The predicted molar refractivity (Wildman–Crippen MR) is 111 cm³/mol. The zero-order valence-corrected chi connectivity index (χ0v) is 17.4. The maximum atomic E-state index is 13.1. The van der Waals surface area contributed by atoms with Gasteiger partial charge in [-0.25, -0.2) is 0 Å². The smallest absolute Gasteiger partial charge is 0.242 e. The van der Waals surface area contributed by atoms with Gasteiger partial charge in [-0.05, 0) is 51.0 Å². The zero-order chi connectivity index (χ0) is 20.7. The topological polar surface area (TPSA) is 58.6 Å². The fourth-order valence-electron chi connectivity index (χ4n) is 2.86. The summed E-state index contributed by atoms with van der Waals surface area (Å²) in [4.78, 5) is 27.4. The first-order chi connectivity index (χ1) is 13.2. The Morgan fingerprint density at radius 1 is 1.00 bits per heavy atom. The number of carbonyl (C=O) groups excluding carboxylic acids is 2. The third-order valence-corrected chi connectivity index (χ3v) is 4.38. The minimum atomic E-state index is -0.586. The third kappa shape index (κ3) is 6.41. The van der Waals surface area contributed by atoms with Crippen molar-refractivity contribution in [3.8, 4) is 5.75 Å². The van der Waals surface area contributed by atoms with Crippen LogP contribution < -0.4 is 10.1 Å². The minimum Gasteiger partial charge on any atom is -0.497 e. The second-order valence-electron chi connectivity index (χ2n) is 7.95. The van der Waals surface area contributed by atoms with E-state index >= 15 is 0 Å². The molecule has 2 amide bonds. The molecule has 0 aliphatic rings. The van der Waals surface area contributed by atoms with Crippen molar-refractivity contribution in [1.82, 2.24) is 10.2 Å². The van der Waals surface area contributed by atoms with E-state index < -0.39 is 6.04 Å². The largest absolute Gasteiger partial charge is 0.497 e. The van der Waals surface area contributed by atoms with Crippen LogP contribution in [-0.4, -0.2) is 35.4 Å². The lowest BCUT2D eigenvalue weighted by atomic mass is 10.1. The van der Waals surface area contributed by atoms with Gasteiger partial charge in [-0.3, -0.25) is 9.59 Å². The summed E-state index contributed by atoms with van der Waals surface area (Å²) in [5, 5.41) is 2.97. The Labute approximate surface area is 167 Å². The molecule has 1 atom stereocenters. The van der Waals surface area contributed by atoms with Crippen LogP contribution in [0.1, 0.15) is 38.8 Å². The molecule has 0 aliphatic heterocycles. The molecule has 0 fully saturated rings. The Morgan fingerprint density at radius 2 is 1.61 bits per heavy atom. The highest BCUT2D eigenvalue weighted by molar-refractivity contribution is 5.88. The molecule has 0 unspecified atom stereocenters. The molecule has 0 heterocycles. The number of ether oxygens (including phenoxy) is 1. The van der Waals surface area contributed by atoms with Gasteiger partial charge in [0.25, 0.3) is 0 Å². The number of hydrogen-bond donors (Lipinski definition) is 1. The van der Waals surface area contributed by atoms with Crippen LogP contribution in [0.25, 0.3) is 0 Å². The standard InChI is InChI=1S/C23H30N2O3/c1-17(22(27)24-23(2,3)4)25(16-19-11-13-20(28-5)14-12-19)21(26)15-18-9-7-6-8-10-18/h6-14,17H,15-16H2,1-5H3,(H,24,27)/t17-/m0/s1. The van der Waals surface area contributed by atoms with E-state index in [0.29, 0.717) is 6.54 Å². The van der Waals surface area contributed by atoms with E-state index in [1.54, 1.807) is 18.9 Å². The zero-order valence-electron chi connectivity index (χ0n) is 17.4. The van der Waals surface area contributed by atoms with Gasteiger partial charge >= 0.3 is 0 Å². The van der Waals surface area contributed by atoms with Gasteiger partial charge in [0.1, 0.15) is 11.8 Å². The number of nitrogens with zero attached hydrogens (tertiary/aromatic N) is 1. The van der Waals surface area contributed by atoms with Crippen LogP contribution in [-0.2, 0) is 22.6 Å². The Hall–Kier alpha value is -2.82. The van der Waals surface area contributed by atoms with E-state index in [1.807, 2.05) is 75.4 Å². The van der Waals surface area contributed by atoms with Crippen molar-refractivity contribution in [3.05, 3.63) is 65.7 Å². The molecule has 0 saturated carbocycles. The number of hydrogen-bond acceptors (Lipinski definition) is 3. The van der Waals surface area contributed by atoms with E-state index in [0.717, 1.165) is 16.9 Å². The van der Waals surface area contributed by atoms with Gasteiger partial charge in [-0.15, -0.1) is 0 Å². The summed E-state index contributed by atoms with van der Waals surface area (Å²) in [7, 11) is 1.61. The molecule has 0 spiro atoms. The van der Waals surface area contributed by atoms with Crippen LogP contribution in [0.15, 0.2) is 54.6 Å². The predicted octanol–water partition coefficient (Wildman–Crippen LogP) is 3.57. The average molecular weight is 383 g/mol. The number of carbonyl (C=O) groups is 2. The molecule has 5 nitrogen and oxygen atoms in total. The van der Waals surface area contributed by atoms with Gasteiger partial charge in [-0.2, -0.15) is 0 Å². The van der Waals surface area contributed by atoms with Crippen molar-refractivity contribution < 1.29 is 14.3 Å². The van der Waals surface area contributed by atoms with E-state index in [2.05, 4.69) is 5.32 Å². The molecule has 0 aromatic heterocycles. The molecule has 28 heavy (non-hydrogen) atoms. The molecule has 0 radical (unpaired) electrons. The van der Waals surface area contributed by atoms with E-state index in [1.165, 1.54) is 0 Å². The van der Waals surface area contributed by atoms with Crippen molar-refractivity contribution in [3.63, 3.8) is 0 Å². The average Bonchev–Trinajstić information content (AvgIpc) is 2.65. The van der Waals surface area contributed by atoms with Crippen LogP contribution >= 0.6 is 0 Å². The first kappa shape index (κ1) is 21.5. The van der Waals surface area contributed by atoms with E-state index in [4.69, 9.17) is 4.74 Å². The molecule has 1 N–H and O–H groups in total. The summed E-state index contributed by atoms with van der Waals surface area (Å²) in [5.41, 5.74) is 1.51. The Morgan fingerprint density at radius 3 is 2.14 bits per heavy atom. The summed E-state index contributed by atoms with van der Waals surface area (Å²) < 4.78 is 5.20. The molecule has 5 heteroatoms.